The van der Waals surface area contributed by atoms with Crippen LogP contribution in [-0.2, 0) is 9.59 Å². The van der Waals surface area contributed by atoms with Gasteiger partial charge in [-0.3, -0.25) is 9.59 Å². The highest BCUT2D eigenvalue weighted by atomic mass is 16.2. The smallest absolute Gasteiger partial charge is 0.246 e. The van der Waals surface area contributed by atoms with Crippen LogP contribution in [-0.4, -0.2) is 35.3 Å². The van der Waals surface area contributed by atoms with Crippen LogP contribution in [0, 0.1) is 5.92 Å². The Balaban J connectivity index is 2.14. The predicted molar refractivity (Wildman–Crippen MR) is 60.7 cm³/mol. The first-order chi connectivity index (χ1) is 7.69. The summed E-state index contributed by atoms with van der Waals surface area (Å²) in [5, 5.41) is 2.89. The molecule has 0 spiro atoms. The summed E-state index contributed by atoms with van der Waals surface area (Å²) in [6.45, 7) is 4.70. The van der Waals surface area contributed by atoms with E-state index in [1.807, 2.05) is 13.8 Å². The maximum atomic E-state index is 12.2. The number of hydrogen-bond donors (Lipinski definition) is 1. The van der Waals surface area contributed by atoms with E-state index in [1.54, 1.807) is 4.90 Å². The summed E-state index contributed by atoms with van der Waals surface area (Å²) in [4.78, 5) is 25.9. The SMILES string of the molecule is CCCN1C(=O)C(C2CC2)NC(=O)C1CC. The molecule has 1 heterocycles. The largest absolute Gasteiger partial charge is 0.342 e. The van der Waals surface area contributed by atoms with Crippen molar-refractivity contribution in [2.45, 2.75) is 51.6 Å². The Morgan fingerprint density at radius 2 is 2.00 bits per heavy atom. The van der Waals surface area contributed by atoms with Crippen molar-refractivity contribution in [3.8, 4) is 0 Å². The Kier molecular flexibility index (Phi) is 3.17. The third kappa shape index (κ3) is 1.93. The van der Waals surface area contributed by atoms with Gasteiger partial charge in [-0.05, 0) is 31.6 Å². The Labute approximate surface area is 96.4 Å². The van der Waals surface area contributed by atoms with Gasteiger partial charge < -0.3 is 10.2 Å². The van der Waals surface area contributed by atoms with Crippen molar-refractivity contribution in [2.24, 2.45) is 5.92 Å². The van der Waals surface area contributed by atoms with Crippen molar-refractivity contribution in [1.82, 2.24) is 10.2 Å². The summed E-state index contributed by atoms with van der Waals surface area (Å²) in [5.74, 6) is 0.567. The Bertz CT molecular complexity index is 299. The highest BCUT2D eigenvalue weighted by Gasteiger charge is 2.45. The molecule has 16 heavy (non-hydrogen) atoms. The zero-order valence-corrected chi connectivity index (χ0v) is 10.0. The molecule has 2 unspecified atom stereocenters. The van der Waals surface area contributed by atoms with Crippen LogP contribution in [0.4, 0.5) is 0 Å². The van der Waals surface area contributed by atoms with Crippen molar-refractivity contribution in [1.29, 1.82) is 0 Å². The van der Waals surface area contributed by atoms with Crippen LogP contribution in [0.3, 0.4) is 0 Å². The average Bonchev–Trinajstić information content (AvgIpc) is 3.07. The zero-order valence-electron chi connectivity index (χ0n) is 10.0. The van der Waals surface area contributed by atoms with Crippen LogP contribution < -0.4 is 5.32 Å². The number of nitrogens with one attached hydrogen (secondary N) is 1. The van der Waals surface area contributed by atoms with Gasteiger partial charge in [-0.15, -0.1) is 0 Å². The summed E-state index contributed by atoms with van der Waals surface area (Å²) < 4.78 is 0. The van der Waals surface area contributed by atoms with Crippen LogP contribution >= 0.6 is 0 Å². The van der Waals surface area contributed by atoms with E-state index in [9.17, 15) is 9.59 Å². The second-order valence-corrected chi connectivity index (χ2v) is 4.78. The molecule has 1 aliphatic heterocycles. The van der Waals surface area contributed by atoms with Crippen molar-refractivity contribution < 1.29 is 9.59 Å². The third-order valence-corrected chi connectivity index (χ3v) is 3.47. The minimum absolute atomic E-state index is 0.0347. The van der Waals surface area contributed by atoms with Crippen molar-refractivity contribution in [2.75, 3.05) is 6.54 Å². The molecule has 2 fully saturated rings. The Hall–Kier alpha value is -1.06. The molecule has 0 aromatic heterocycles. The lowest BCUT2D eigenvalue weighted by molar-refractivity contribution is -0.150. The predicted octanol–water partition coefficient (Wildman–Crippen LogP) is 0.912. The molecule has 2 rings (SSSR count). The topological polar surface area (TPSA) is 49.4 Å². The molecule has 1 saturated heterocycles. The quantitative estimate of drug-likeness (QED) is 0.771. The van der Waals surface area contributed by atoms with Gasteiger partial charge in [0, 0.05) is 6.54 Å². The second-order valence-electron chi connectivity index (χ2n) is 4.78. The molecular formula is C12H20N2O2. The maximum Gasteiger partial charge on any atom is 0.246 e. The van der Waals surface area contributed by atoms with Crippen molar-refractivity contribution >= 4 is 11.8 Å². The summed E-state index contributed by atoms with van der Waals surface area (Å²) in [6, 6.07) is -0.482. The van der Waals surface area contributed by atoms with Gasteiger partial charge in [0.05, 0.1) is 0 Å². The fraction of sp³-hybridized carbons (Fsp3) is 0.833. The fourth-order valence-corrected chi connectivity index (χ4v) is 2.45. The monoisotopic (exact) mass is 224 g/mol. The molecule has 0 bridgehead atoms. The number of amides is 2. The number of carbonyl (C=O) groups is 2. The van der Waals surface area contributed by atoms with Gasteiger partial charge in [-0.2, -0.15) is 0 Å². The first kappa shape index (κ1) is 11.4. The highest BCUT2D eigenvalue weighted by molar-refractivity contribution is 5.97. The van der Waals surface area contributed by atoms with Gasteiger partial charge in [0.1, 0.15) is 12.1 Å². The number of nitrogens with zero attached hydrogens (tertiary/aromatic N) is 1. The van der Waals surface area contributed by atoms with E-state index in [-0.39, 0.29) is 23.9 Å². The van der Waals surface area contributed by atoms with E-state index in [2.05, 4.69) is 5.32 Å². The molecule has 2 atom stereocenters. The molecule has 0 radical (unpaired) electrons. The lowest BCUT2D eigenvalue weighted by Crippen LogP contribution is -2.63. The Morgan fingerprint density at radius 1 is 1.31 bits per heavy atom. The second kappa shape index (κ2) is 4.44. The van der Waals surface area contributed by atoms with Crippen LogP contribution in [0.25, 0.3) is 0 Å². The fourth-order valence-electron chi connectivity index (χ4n) is 2.45. The van der Waals surface area contributed by atoms with E-state index in [0.717, 1.165) is 19.3 Å². The van der Waals surface area contributed by atoms with Gasteiger partial charge >= 0.3 is 0 Å². The molecule has 1 N–H and O–H groups in total. The summed E-state index contributed by atoms with van der Waals surface area (Å²) in [7, 11) is 0. The number of hydrogen-bond acceptors (Lipinski definition) is 2. The van der Waals surface area contributed by atoms with Gasteiger partial charge in [-0.25, -0.2) is 0 Å². The van der Waals surface area contributed by atoms with E-state index in [4.69, 9.17) is 0 Å². The minimum Gasteiger partial charge on any atom is -0.342 e. The average molecular weight is 224 g/mol. The molecule has 90 valence electrons. The van der Waals surface area contributed by atoms with Gasteiger partial charge in [0.25, 0.3) is 0 Å². The van der Waals surface area contributed by atoms with E-state index in [0.29, 0.717) is 18.9 Å². The minimum atomic E-state index is -0.248. The number of carbonyl (C=O) groups excluding carboxylic acids is 2. The van der Waals surface area contributed by atoms with E-state index >= 15 is 0 Å². The molecule has 4 nitrogen and oxygen atoms in total. The first-order valence-electron chi connectivity index (χ1n) is 6.29. The lowest BCUT2D eigenvalue weighted by atomic mass is 10.0. The van der Waals surface area contributed by atoms with Gasteiger partial charge in [0.2, 0.25) is 11.8 Å². The molecule has 4 heteroatoms. The Morgan fingerprint density at radius 3 is 2.50 bits per heavy atom. The van der Waals surface area contributed by atoms with Crippen LogP contribution in [0.2, 0.25) is 0 Å². The standard InChI is InChI=1S/C12H20N2O2/c1-3-7-14-9(4-2)11(15)13-10(12(14)16)8-5-6-8/h8-10H,3-7H2,1-2H3,(H,13,15). The van der Waals surface area contributed by atoms with Crippen LogP contribution in [0.5, 0.6) is 0 Å². The molecule has 1 aliphatic carbocycles. The molecule has 0 aromatic rings. The van der Waals surface area contributed by atoms with Crippen molar-refractivity contribution in [3.05, 3.63) is 0 Å². The van der Waals surface area contributed by atoms with Crippen molar-refractivity contribution in [3.63, 3.8) is 0 Å². The summed E-state index contributed by atoms with van der Waals surface area (Å²) >= 11 is 0. The molecular weight excluding hydrogens is 204 g/mol. The number of rotatable bonds is 4. The molecule has 0 aromatic carbocycles. The van der Waals surface area contributed by atoms with Gasteiger partial charge in [0.15, 0.2) is 0 Å². The maximum absolute atomic E-state index is 12.2. The number of piperazine rings is 1. The van der Waals surface area contributed by atoms with E-state index in [1.165, 1.54) is 0 Å². The third-order valence-electron chi connectivity index (χ3n) is 3.47. The van der Waals surface area contributed by atoms with Gasteiger partial charge in [-0.1, -0.05) is 13.8 Å². The normalized spacial score (nSPS) is 30.5. The zero-order chi connectivity index (χ0) is 11.7. The summed E-state index contributed by atoms with van der Waals surface area (Å²) in [5.41, 5.74) is 0. The van der Waals surface area contributed by atoms with E-state index < -0.39 is 0 Å². The van der Waals surface area contributed by atoms with Crippen LogP contribution in [0.1, 0.15) is 39.5 Å². The first-order valence-corrected chi connectivity index (χ1v) is 6.29. The van der Waals surface area contributed by atoms with Crippen LogP contribution in [0.15, 0.2) is 0 Å². The summed E-state index contributed by atoms with van der Waals surface area (Å²) in [6.07, 6.45) is 3.77. The molecule has 2 amide bonds. The molecule has 1 saturated carbocycles. The highest BCUT2D eigenvalue weighted by Crippen LogP contribution is 2.35. The molecule has 2 aliphatic rings. The lowest BCUT2D eigenvalue weighted by Gasteiger charge is -2.38.